The van der Waals surface area contributed by atoms with Gasteiger partial charge in [0.15, 0.2) is 0 Å². The number of aliphatic carboxylic acids is 1. The van der Waals surface area contributed by atoms with Crippen LogP contribution in [0.3, 0.4) is 0 Å². The molecule has 0 unspecified atom stereocenters. The lowest BCUT2D eigenvalue weighted by atomic mass is 9.83. The number of aliphatic hydroxyl groups is 1. The summed E-state index contributed by atoms with van der Waals surface area (Å²) >= 11 is 1.59. The number of carbonyl (C=O) groups is 2. The normalized spacial score (nSPS) is 33.6. The van der Waals surface area contributed by atoms with E-state index in [1.165, 1.54) is 4.90 Å². The molecule has 3 heterocycles. The maximum absolute atomic E-state index is 12.2. The number of rotatable bonds is 7. The van der Waals surface area contributed by atoms with E-state index >= 15 is 0 Å². The van der Waals surface area contributed by atoms with Gasteiger partial charge in [0.25, 0.3) is 0 Å². The number of hydrogen-bond acceptors (Lipinski definition) is 6. The van der Waals surface area contributed by atoms with E-state index in [1.54, 1.807) is 18.7 Å². The Hall–Kier alpha value is -1.09. The third-order valence-electron chi connectivity index (χ3n) is 5.12. The Balaban J connectivity index is 1.67. The van der Waals surface area contributed by atoms with Gasteiger partial charge in [0.1, 0.15) is 5.70 Å². The molecule has 3 aliphatic heterocycles. The van der Waals surface area contributed by atoms with Gasteiger partial charge in [0, 0.05) is 29.2 Å². The summed E-state index contributed by atoms with van der Waals surface area (Å²) in [7, 11) is 1.93. The van der Waals surface area contributed by atoms with Crippen LogP contribution in [-0.4, -0.2) is 70.6 Å². The van der Waals surface area contributed by atoms with Crippen molar-refractivity contribution >= 4 is 23.6 Å². The summed E-state index contributed by atoms with van der Waals surface area (Å²) in [6, 6.07) is 0.259. The molecule has 8 heteroatoms. The van der Waals surface area contributed by atoms with Crippen LogP contribution in [0.25, 0.3) is 0 Å². The summed E-state index contributed by atoms with van der Waals surface area (Å²) in [6.07, 6.45) is 1.86. The molecule has 1 amide bonds. The molecule has 4 N–H and O–H groups in total. The Kier molecular flexibility index (Phi) is 5.19. The molecule has 0 radical (unpaired) electrons. The van der Waals surface area contributed by atoms with Crippen molar-refractivity contribution < 1.29 is 19.8 Å². The Morgan fingerprint density at radius 2 is 2.29 bits per heavy atom. The number of thioether (sulfide) groups is 1. The molecule has 134 valence electrons. The van der Waals surface area contributed by atoms with Gasteiger partial charge in [-0.3, -0.25) is 4.79 Å². The second-order valence-corrected chi connectivity index (χ2v) is 8.19. The summed E-state index contributed by atoms with van der Waals surface area (Å²) in [6.45, 7) is 3.41. The standard InChI is InChI=1S/C16H25N3O4S/c1-8(20)13-11-6-12(14(16(22)23)19(11)15(13)21)24-10-5-9(18-7-10)3-4-17-2/h8-11,13,17-18,20H,3-7H2,1-2H3,(H,22,23)/t8-,9-,10+,11-,13-/m1/s1. The van der Waals surface area contributed by atoms with Gasteiger partial charge < -0.3 is 25.7 Å². The Morgan fingerprint density at radius 1 is 1.54 bits per heavy atom. The number of β-lactam (4-membered cyclic amide) rings is 1. The molecule has 2 fully saturated rings. The first kappa shape index (κ1) is 17.7. The fourth-order valence-corrected chi connectivity index (χ4v) is 5.42. The maximum Gasteiger partial charge on any atom is 0.353 e. The van der Waals surface area contributed by atoms with Gasteiger partial charge in [-0.2, -0.15) is 0 Å². The summed E-state index contributed by atoms with van der Waals surface area (Å²) in [5.74, 6) is -1.78. The number of aliphatic hydroxyl groups excluding tert-OH is 1. The van der Waals surface area contributed by atoms with Gasteiger partial charge in [-0.15, -0.1) is 11.8 Å². The predicted octanol–water partition coefficient (Wildman–Crippen LogP) is -0.0327. The van der Waals surface area contributed by atoms with Crippen molar-refractivity contribution in [3.05, 3.63) is 10.6 Å². The molecule has 0 aromatic rings. The van der Waals surface area contributed by atoms with Gasteiger partial charge >= 0.3 is 5.97 Å². The van der Waals surface area contributed by atoms with Crippen LogP contribution in [0.1, 0.15) is 26.2 Å². The van der Waals surface area contributed by atoms with E-state index in [1.807, 2.05) is 7.05 Å². The molecule has 3 aliphatic rings. The number of fused-ring (bicyclic) bond motifs is 1. The molecule has 0 aliphatic carbocycles. The van der Waals surface area contributed by atoms with Crippen LogP contribution >= 0.6 is 11.8 Å². The predicted molar refractivity (Wildman–Crippen MR) is 91.4 cm³/mol. The fourth-order valence-electron chi connectivity index (χ4n) is 3.95. The van der Waals surface area contributed by atoms with E-state index in [-0.39, 0.29) is 17.6 Å². The van der Waals surface area contributed by atoms with E-state index in [0.717, 1.165) is 30.8 Å². The van der Waals surface area contributed by atoms with Crippen LogP contribution in [0, 0.1) is 5.92 Å². The van der Waals surface area contributed by atoms with Crippen molar-refractivity contribution in [1.82, 2.24) is 15.5 Å². The molecule has 0 spiro atoms. The number of amides is 1. The average Bonchev–Trinajstić information content (AvgIpc) is 3.07. The largest absolute Gasteiger partial charge is 0.477 e. The molecule has 3 rings (SSSR count). The lowest BCUT2D eigenvalue weighted by molar-refractivity contribution is -0.161. The quantitative estimate of drug-likeness (QED) is 0.476. The van der Waals surface area contributed by atoms with Gasteiger partial charge in [-0.25, -0.2) is 4.79 Å². The van der Waals surface area contributed by atoms with E-state index in [0.29, 0.717) is 17.7 Å². The monoisotopic (exact) mass is 355 g/mol. The molecule has 5 atom stereocenters. The van der Waals surface area contributed by atoms with E-state index in [4.69, 9.17) is 0 Å². The highest BCUT2D eigenvalue weighted by molar-refractivity contribution is 8.03. The minimum Gasteiger partial charge on any atom is -0.477 e. The Bertz CT molecular complexity index is 566. The van der Waals surface area contributed by atoms with Crippen LogP contribution in [0.5, 0.6) is 0 Å². The lowest BCUT2D eigenvalue weighted by Crippen LogP contribution is -2.61. The lowest BCUT2D eigenvalue weighted by Gasteiger charge is -2.44. The minimum absolute atomic E-state index is 0.130. The molecular weight excluding hydrogens is 330 g/mol. The topological polar surface area (TPSA) is 102 Å². The molecule has 0 bridgehead atoms. The first-order chi connectivity index (χ1) is 11.4. The van der Waals surface area contributed by atoms with Crippen molar-refractivity contribution in [2.45, 2.75) is 49.6 Å². The van der Waals surface area contributed by atoms with Crippen molar-refractivity contribution in [2.24, 2.45) is 5.92 Å². The molecule has 0 saturated carbocycles. The summed E-state index contributed by atoms with van der Waals surface area (Å²) in [4.78, 5) is 26.0. The number of nitrogens with one attached hydrogen (secondary N) is 2. The number of nitrogens with zero attached hydrogens (tertiary/aromatic N) is 1. The van der Waals surface area contributed by atoms with Crippen molar-refractivity contribution in [2.75, 3.05) is 20.1 Å². The number of carboxylic acid groups (broad SMARTS) is 1. The molecule has 7 nitrogen and oxygen atoms in total. The van der Waals surface area contributed by atoms with Crippen LogP contribution < -0.4 is 10.6 Å². The Morgan fingerprint density at radius 3 is 2.92 bits per heavy atom. The summed E-state index contributed by atoms with van der Waals surface area (Å²) in [5.41, 5.74) is 0.130. The van der Waals surface area contributed by atoms with E-state index in [2.05, 4.69) is 10.6 Å². The highest BCUT2D eigenvalue weighted by Crippen LogP contribution is 2.48. The SMILES string of the molecule is CNCC[C@@H]1C[C@H](SC2=C(C(=O)O)N3C(=O)[C@H]([C@@H](C)O)[C@H]3C2)CN1. The van der Waals surface area contributed by atoms with E-state index < -0.39 is 18.0 Å². The van der Waals surface area contributed by atoms with Crippen molar-refractivity contribution in [1.29, 1.82) is 0 Å². The second-order valence-electron chi connectivity index (χ2n) is 6.80. The fraction of sp³-hybridized carbons (Fsp3) is 0.750. The van der Waals surface area contributed by atoms with Gasteiger partial charge in [0.05, 0.1) is 18.1 Å². The minimum atomic E-state index is -1.05. The van der Waals surface area contributed by atoms with Crippen molar-refractivity contribution in [3.63, 3.8) is 0 Å². The highest BCUT2D eigenvalue weighted by Gasteiger charge is 2.57. The molecule has 24 heavy (non-hydrogen) atoms. The van der Waals surface area contributed by atoms with Crippen molar-refractivity contribution in [3.8, 4) is 0 Å². The van der Waals surface area contributed by atoms with Gasteiger partial charge in [-0.05, 0) is 33.4 Å². The zero-order valence-electron chi connectivity index (χ0n) is 14.0. The van der Waals surface area contributed by atoms with Crippen LogP contribution in [-0.2, 0) is 9.59 Å². The van der Waals surface area contributed by atoms with E-state index in [9.17, 15) is 19.8 Å². The zero-order chi connectivity index (χ0) is 17.4. The number of carboxylic acids is 1. The maximum atomic E-state index is 12.2. The first-order valence-electron chi connectivity index (χ1n) is 8.46. The number of hydrogen-bond donors (Lipinski definition) is 4. The van der Waals surface area contributed by atoms with Gasteiger partial charge in [0.2, 0.25) is 5.91 Å². The first-order valence-corrected chi connectivity index (χ1v) is 9.34. The Labute approximate surface area is 145 Å². The molecular formula is C16H25N3O4S. The third kappa shape index (κ3) is 3.08. The average molecular weight is 355 g/mol. The number of carbonyl (C=O) groups excluding carboxylic acids is 1. The highest BCUT2D eigenvalue weighted by atomic mass is 32.2. The molecule has 2 saturated heterocycles. The van der Waals surface area contributed by atoms with Crippen LogP contribution in [0.2, 0.25) is 0 Å². The molecule has 0 aromatic heterocycles. The third-order valence-corrected chi connectivity index (χ3v) is 6.46. The molecule has 0 aromatic carbocycles. The van der Waals surface area contributed by atoms with Crippen LogP contribution in [0.4, 0.5) is 0 Å². The summed E-state index contributed by atoms with van der Waals surface area (Å²) < 4.78 is 0. The zero-order valence-corrected chi connectivity index (χ0v) is 14.8. The van der Waals surface area contributed by atoms with Crippen LogP contribution in [0.15, 0.2) is 10.6 Å². The van der Waals surface area contributed by atoms with Gasteiger partial charge in [-0.1, -0.05) is 0 Å². The smallest absolute Gasteiger partial charge is 0.353 e. The summed E-state index contributed by atoms with van der Waals surface area (Å²) in [5, 5.41) is 26.3. The second kappa shape index (κ2) is 7.03.